The number of nitrogens with zero attached hydrogens (tertiary/aromatic N) is 1. The number of likely N-dealkylation sites (tertiary alicyclic amines) is 1. The average molecular weight is 408 g/mol. The Kier molecular flexibility index (Phi) is 6.59. The minimum Gasteiger partial charge on any atom is -0.396 e. The molecule has 4 nitrogen and oxygen atoms in total. The molecule has 0 amide bonds. The van der Waals surface area contributed by atoms with Crippen LogP contribution < -0.4 is 10.9 Å². The first-order valence-electron chi connectivity index (χ1n) is 11.4. The third kappa shape index (κ3) is 4.62. The lowest BCUT2D eigenvalue weighted by molar-refractivity contribution is 0.0254. The molecule has 2 heterocycles. The second kappa shape index (κ2) is 9.19. The van der Waals surface area contributed by atoms with Crippen molar-refractivity contribution >= 4 is 0 Å². The summed E-state index contributed by atoms with van der Waals surface area (Å²) in [7, 11) is 0. The smallest absolute Gasteiger partial charge is 0.0518 e. The van der Waals surface area contributed by atoms with E-state index in [1.54, 1.807) is 0 Å². The minimum absolute atomic E-state index is 0.0292. The molecule has 0 aliphatic carbocycles. The number of rotatable bonds is 6. The van der Waals surface area contributed by atoms with Crippen molar-refractivity contribution in [2.24, 2.45) is 11.3 Å². The van der Waals surface area contributed by atoms with E-state index in [2.05, 4.69) is 79.0 Å². The summed E-state index contributed by atoms with van der Waals surface area (Å²) >= 11 is 0. The molecule has 4 heteroatoms. The number of hydrazine groups is 1. The van der Waals surface area contributed by atoms with Crippen molar-refractivity contribution in [3.63, 3.8) is 0 Å². The summed E-state index contributed by atoms with van der Waals surface area (Å²) in [6.45, 7) is 11.0. The molecule has 162 valence electrons. The molecule has 3 atom stereocenters. The molecule has 2 aliphatic heterocycles. The summed E-state index contributed by atoms with van der Waals surface area (Å²) in [5.41, 5.74) is 13.7. The van der Waals surface area contributed by atoms with Gasteiger partial charge in [-0.2, -0.15) is 0 Å². The summed E-state index contributed by atoms with van der Waals surface area (Å²) in [6, 6.07) is 15.7. The van der Waals surface area contributed by atoms with Gasteiger partial charge in [0.15, 0.2) is 0 Å². The fourth-order valence-corrected chi connectivity index (χ4v) is 5.47. The number of nitrogens with one attached hydrogen (secondary N) is 2. The average Bonchev–Trinajstić information content (AvgIpc) is 3.19. The summed E-state index contributed by atoms with van der Waals surface area (Å²) in [5, 5.41) is 10.4. The molecular weight excluding hydrogens is 370 g/mol. The number of hydrogen-bond acceptors (Lipinski definition) is 4. The minimum atomic E-state index is -0.0292. The normalized spacial score (nSPS) is 27.5. The monoisotopic (exact) mass is 407 g/mol. The van der Waals surface area contributed by atoms with Crippen LogP contribution in [0.25, 0.3) is 0 Å². The number of aliphatic hydroxyl groups excluding tert-OH is 1. The van der Waals surface area contributed by atoms with Gasteiger partial charge in [0, 0.05) is 31.0 Å². The van der Waals surface area contributed by atoms with Crippen LogP contribution in [-0.2, 0) is 6.42 Å². The van der Waals surface area contributed by atoms with Crippen LogP contribution in [0.4, 0.5) is 0 Å². The molecule has 2 aromatic carbocycles. The van der Waals surface area contributed by atoms with Crippen molar-refractivity contribution in [2.45, 2.75) is 46.1 Å². The first-order valence-corrected chi connectivity index (χ1v) is 11.4. The van der Waals surface area contributed by atoms with Gasteiger partial charge in [0.05, 0.1) is 12.6 Å². The molecule has 2 aromatic rings. The second-order valence-corrected chi connectivity index (χ2v) is 9.72. The fourth-order valence-electron chi connectivity index (χ4n) is 5.47. The lowest BCUT2D eigenvalue weighted by Gasteiger charge is -2.43. The van der Waals surface area contributed by atoms with Crippen molar-refractivity contribution in [1.29, 1.82) is 0 Å². The van der Waals surface area contributed by atoms with E-state index >= 15 is 0 Å². The molecule has 0 spiro atoms. The van der Waals surface area contributed by atoms with Crippen molar-refractivity contribution in [2.75, 3.05) is 32.8 Å². The second-order valence-electron chi connectivity index (χ2n) is 9.72. The van der Waals surface area contributed by atoms with Gasteiger partial charge in [-0.3, -0.25) is 5.43 Å². The Morgan fingerprint density at radius 1 is 1.10 bits per heavy atom. The highest BCUT2D eigenvalue weighted by Gasteiger charge is 2.38. The van der Waals surface area contributed by atoms with Crippen LogP contribution in [0.3, 0.4) is 0 Å². The van der Waals surface area contributed by atoms with Crippen molar-refractivity contribution in [3.8, 4) is 0 Å². The molecule has 0 saturated carbocycles. The van der Waals surface area contributed by atoms with E-state index in [4.69, 9.17) is 0 Å². The lowest BCUT2D eigenvalue weighted by atomic mass is 9.74. The van der Waals surface area contributed by atoms with Gasteiger partial charge in [-0.15, -0.1) is 0 Å². The Bertz CT molecular complexity index is 867. The van der Waals surface area contributed by atoms with Gasteiger partial charge >= 0.3 is 0 Å². The largest absolute Gasteiger partial charge is 0.396 e. The Labute approximate surface area is 181 Å². The molecule has 2 saturated heterocycles. The highest BCUT2D eigenvalue weighted by Crippen LogP contribution is 2.36. The fraction of sp³-hybridized carbons (Fsp3) is 0.538. The van der Waals surface area contributed by atoms with Crippen molar-refractivity contribution in [1.82, 2.24) is 15.8 Å². The highest BCUT2D eigenvalue weighted by molar-refractivity contribution is 5.34. The molecule has 0 bridgehead atoms. The van der Waals surface area contributed by atoms with Gasteiger partial charge in [0.2, 0.25) is 0 Å². The van der Waals surface area contributed by atoms with Crippen molar-refractivity contribution in [3.05, 3.63) is 70.3 Å². The maximum absolute atomic E-state index is 10.4. The summed E-state index contributed by atoms with van der Waals surface area (Å²) in [6.07, 6.45) is 3.23. The summed E-state index contributed by atoms with van der Waals surface area (Å²) < 4.78 is 0. The van der Waals surface area contributed by atoms with E-state index in [0.29, 0.717) is 12.0 Å². The molecular formula is C26H37N3O. The Morgan fingerprint density at radius 2 is 1.93 bits per heavy atom. The number of hydrogen-bond donors (Lipinski definition) is 3. The van der Waals surface area contributed by atoms with E-state index in [1.807, 2.05) is 0 Å². The van der Waals surface area contributed by atoms with Crippen LogP contribution in [0, 0.1) is 32.1 Å². The van der Waals surface area contributed by atoms with Gasteiger partial charge < -0.3 is 10.0 Å². The molecule has 3 N–H and O–H groups in total. The molecule has 2 aliphatic rings. The number of aliphatic hydroxyl groups is 1. The zero-order chi connectivity index (χ0) is 21.1. The van der Waals surface area contributed by atoms with Crippen LogP contribution >= 0.6 is 0 Å². The maximum Gasteiger partial charge on any atom is 0.0518 e. The van der Waals surface area contributed by atoms with E-state index in [0.717, 1.165) is 45.4 Å². The van der Waals surface area contributed by atoms with Crippen LogP contribution in [0.15, 0.2) is 42.5 Å². The standard InChI is InChI=1S/C26H37N3O/c1-19-9-10-21(3)24(13-19)25-23(15-27-28-25)16-29-12-6-11-26(17-29,18-30)14-22-8-5-4-7-20(22)2/h4-5,7-10,13,23,25,27-28,30H,6,11-12,14-18H2,1-3H3. The van der Waals surface area contributed by atoms with E-state index < -0.39 is 0 Å². The molecule has 30 heavy (non-hydrogen) atoms. The van der Waals surface area contributed by atoms with Gasteiger partial charge in [0.25, 0.3) is 0 Å². The van der Waals surface area contributed by atoms with Crippen LogP contribution in [-0.4, -0.2) is 42.8 Å². The predicted molar refractivity (Wildman–Crippen MR) is 123 cm³/mol. The third-order valence-corrected chi connectivity index (χ3v) is 7.26. The van der Waals surface area contributed by atoms with Gasteiger partial charge in [-0.1, -0.05) is 48.0 Å². The molecule has 0 radical (unpaired) electrons. The Hall–Kier alpha value is -1.72. The van der Waals surface area contributed by atoms with Gasteiger partial charge in [-0.05, 0) is 68.8 Å². The van der Waals surface area contributed by atoms with Gasteiger partial charge in [-0.25, -0.2) is 5.43 Å². The number of piperidine rings is 1. The summed E-state index contributed by atoms with van der Waals surface area (Å²) in [4.78, 5) is 2.61. The quantitative estimate of drug-likeness (QED) is 0.683. The van der Waals surface area contributed by atoms with Gasteiger partial charge in [0.1, 0.15) is 0 Å². The first kappa shape index (κ1) is 21.5. The topological polar surface area (TPSA) is 47.5 Å². The zero-order valence-corrected chi connectivity index (χ0v) is 18.7. The van der Waals surface area contributed by atoms with E-state index in [9.17, 15) is 5.11 Å². The van der Waals surface area contributed by atoms with Crippen LogP contribution in [0.1, 0.15) is 46.7 Å². The Morgan fingerprint density at radius 3 is 2.73 bits per heavy atom. The predicted octanol–water partition coefficient (Wildman–Crippen LogP) is 3.69. The molecule has 3 unspecified atom stereocenters. The van der Waals surface area contributed by atoms with E-state index in [1.165, 1.54) is 27.8 Å². The number of benzene rings is 2. The molecule has 2 fully saturated rings. The Balaban J connectivity index is 1.47. The SMILES string of the molecule is Cc1ccc(C)c(C2NNCC2CN2CCCC(CO)(Cc3ccccc3C)C2)c1. The maximum atomic E-state index is 10.4. The number of aryl methyl sites for hydroxylation is 3. The molecule has 4 rings (SSSR count). The highest BCUT2D eigenvalue weighted by atomic mass is 16.3. The summed E-state index contributed by atoms with van der Waals surface area (Å²) in [5.74, 6) is 0.526. The molecule has 0 aromatic heterocycles. The van der Waals surface area contributed by atoms with Crippen LogP contribution in [0.5, 0.6) is 0 Å². The van der Waals surface area contributed by atoms with Crippen LogP contribution in [0.2, 0.25) is 0 Å². The first-order chi connectivity index (χ1) is 14.5. The van der Waals surface area contributed by atoms with Crippen molar-refractivity contribution < 1.29 is 5.11 Å². The lowest BCUT2D eigenvalue weighted by Crippen LogP contribution is -2.48. The van der Waals surface area contributed by atoms with E-state index in [-0.39, 0.29) is 12.0 Å². The third-order valence-electron chi connectivity index (χ3n) is 7.26. The zero-order valence-electron chi connectivity index (χ0n) is 18.7.